The summed E-state index contributed by atoms with van der Waals surface area (Å²) in [4.78, 5) is 28.7. The summed E-state index contributed by atoms with van der Waals surface area (Å²) in [5.41, 5.74) is 3.93. The first-order chi connectivity index (χ1) is 13.5. The van der Waals surface area contributed by atoms with E-state index in [1.165, 1.54) is 16.2 Å². The first-order valence-electron chi connectivity index (χ1n) is 8.72. The fraction of sp³-hybridized carbons (Fsp3) is 0.0909. The number of amides is 2. The molecule has 1 aliphatic heterocycles. The van der Waals surface area contributed by atoms with Crippen LogP contribution in [0.25, 0.3) is 5.57 Å². The number of aryl methyl sites for hydroxylation is 2. The number of nitrogens with zero attached hydrogens (tertiary/aromatic N) is 1. The number of benzene rings is 2. The summed E-state index contributed by atoms with van der Waals surface area (Å²) in [6, 6.07) is 17.0. The highest BCUT2D eigenvalue weighted by Gasteiger charge is 2.41. The van der Waals surface area contributed by atoms with Crippen molar-refractivity contribution in [2.75, 3.05) is 10.2 Å². The third kappa shape index (κ3) is 3.30. The van der Waals surface area contributed by atoms with Gasteiger partial charge < -0.3 is 5.32 Å². The Morgan fingerprint density at radius 3 is 2.50 bits per heavy atom. The van der Waals surface area contributed by atoms with Crippen LogP contribution >= 0.6 is 27.3 Å². The smallest absolute Gasteiger partial charge is 0.282 e. The van der Waals surface area contributed by atoms with Crippen molar-refractivity contribution in [3.63, 3.8) is 0 Å². The summed E-state index contributed by atoms with van der Waals surface area (Å²) >= 11 is 4.88. The highest BCUT2D eigenvalue weighted by molar-refractivity contribution is 9.10. The number of hydrogen-bond donors (Lipinski definition) is 1. The Morgan fingerprint density at radius 2 is 1.79 bits per heavy atom. The van der Waals surface area contributed by atoms with Gasteiger partial charge in [0.25, 0.3) is 11.8 Å². The zero-order valence-electron chi connectivity index (χ0n) is 15.3. The molecular formula is C22H17BrN2O2S. The minimum absolute atomic E-state index is 0.298. The first-order valence-corrected chi connectivity index (χ1v) is 10.4. The Bertz CT molecular complexity index is 1120. The summed E-state index contributed by atoms with van der Waals surface area (Å²) in [5, 5.41) is 5.08. The van der Waals surface area contributed by atoms with E-state index in [9.17, 15) is 9.59 Å². The molecule has 4 rings (SSSR count). The quantitative estimate of drug-likeness (QED) is 0.529. The second-order valence-corrected chi connectivity index (χ2v) is 8.46. The van der Waals surface area contributed by atoms with Crippen molar-refractivity contribution in [3.05, 3.63) is 86.2 Å². The molecule has 2 heterocycles. The van der Waals surface area contributed by atoms with Crippen LogP contribution in [0.1, 0.15) is 16.0 Å². The maximum atomic E-state index is 13.4. The van der Waals surface area contributed by atoms with Crippen molar-refractivity contribution in [1.29, 1.82) is 0 Å². The SMILES string of the molecule is Cc1ccc(C)c(N2C(=O)C(Nc3cccc(Br)c3)=C(c3cccs3)C2=O)c1. The molecule has 0 atom stereocenters. The van der Waals surface area contributed by atoms with Crippen molar-refractivity contribution in [1.82, 2.24) is 0 Å². The second-order valence-electron chi connectivity index (χ2n) is 6.60. The van der Waals surface area contributed by atoms with Crippen LogP contribution in [0, 0.1) is 13.8 Å². The van der Waals surface area contributed by atoms with Gasteiger partial charge in [-0.3, -0.25) is 9.59 Å². The summed E-state index contributed by atoms with van der Waals surface area (Å²) in [7, 11) is 0. The Labute approximate surface area is 175 Å². The number of carbonyl (C=O) groups is 2. The van der Waals surface area contributed by atoms with E-state index in [0.717, 1.165) is 26.2 Å². The third-order valence-electron chi connectivity index (χ3n) is 4.55. The van der Waals surface area contributed by atoms with Crippen molar-refractivity contribution < 1.29 is 9.59 Å². The van der Waals surface area contributed by atoms with Crippen LogP contribution in [-0.2, 0) is 9.59 Å². The third-order valence-corrected chi connectivity index (χ3v) is 5.93. The van der Waals surface area contributed by atoms with Crippen LogP contribution in [0.4, 0.5) is 11.4 Å². The van der Waals surface area contributed by atoms with E-state index in [1.807, 2.05) is 73.8 Å². The van der Waals surface area contributed by atoms with Gasteiger partial charge in [-0.1, -0.05) is 40.2 Å². The van der Waals surface area contributed by atoms with Gasteiger partial charge >= 0.3 is 0 Å². The largest absolute Gasteiger partial charge is 0.350 e. The van der Waals surface area contributed by atoms with Gasteiger partial charge in [-0.05, 0) is 60.7 Å². The van der Waals surface area contributed by atoms with E-state index in [1.54, 1.807) is 0 Å². The van der Waals surface area contributed by atoms with E-state index in [2.05, 4.69) is 21.2 Å². The molecule has 1 aliphatic rings. The molecule has 0 fully saturated rings. The molecule has 2 aromatic carbocycles. The lowest BCUT2D eigenvalue weighted by atomic mass is 10.1. The first kappa shape index (κ1) is 18.7. The van der Waals surface area contributed by atoms with E-state index in [-0.39, 0.29) is 11.8 Å². The minimum atomic E-state index is -0.345. The van der Waals surface area contributed by atoms with E-state index < -0.39 is 0 Å². The molecule has 0 saturated heterocycles. The van der Waals surface area contributed by atoms with Crippen molar-refractivity contribution in [2.45, 2.75) is 13.8 Å². The Hall–Kier alpha value is -2.70. The molecule has 0 radical (unpaired) electrons. The Kier molecular flexibility index (Phi) is 4.91. The van der Waals surface area contributed by atoms with Gasteiger partial charge in [-0.25, -0.2) is 4.90 Å². The van der Waals surface area contributed by atoms with Crippen molar-refractivity contribution in [3.8, 4) is 0 Å². The van der Waals surface area contributed by atoms with E-state index in [0.29, 0.717) is 17.0 Å². The molecule has 4 nitrogen and oxygen atoms in total. The van der Waals surface area contributed by atoms with Crippen LogP contribution in [0.15, 0.2) is 70.1 Å². The molecule has 0 bridgehead atoms. The van der Waals surface area contributed by atoms with Crippen LogP contribution in [0.2, 0.25) is 0 Å². The monoisotopic (exact) mass is 452 g/mol. The number of halogens is 1. The number of thiophene rings is 1. The predicted molar refractivity (Wildman–Crippen MR) is 117 cm³/mol. The van der Waals surface area contributed by atoms with Crippen molar-refractivity contribution >= 4 is 56.0 Å². The number of rotatable bonds is 4. The van der Waals surface area contributed by atoms with Crippen LogP contribution in [-0.4, -0.2) is 11.8 Å². The molecule has 0 spiro atoms. The molecule has 28 heavy (non-hydrogen) atoms. The van der Waals surface area contributed by atoms with Gasteiger partial charge in [-0.15, -0.1) is 11.3 Å². The van der Waals surface area contributed by atoms with Gasteiger partial charge in [-0.2, -0.15) is 0 Å². The summed E-state index contributed by atoms with van der Waals surface area (Å²) in [6.45, 7) is 3.85. The maximum Gasteiger partial charge on any atom is 0.282 e. The molecule has 0 unspecified atom stereocenters. The topological polar surface area (TPSA) is 49.4 Å². The Morgan fingerprint density at radius 1 is 0.964 bits per heavy atom. The molecule has 140 valence electrons. The van der Waals surface area contributed by atoms with Crippen LogP contribution in [0.3, 0.4) is 0 Å². The number of hydrogen-bond acceptors (Lipinski definition) is 4. The second kappa shape index (κ2) is 7.37. The molecule has 1 aromatic heterocycles. The zero-order chi connectivity index (χ0) is 19.8. The number of nitrogens with one attached hydrogen (secondary N) is 1. The molecule has 0 aliphatic carbocycles. The van der Waals surface area contributed by atoms with Gasteiger partial charge in [0, 0.05) is 15.0 Å². The van der Waals surface area contributed by atoms with Gasteiger partial charge in [0.2, 0.25) is 0 Å². The highest BCUT2D eigenvalue weighted by atomic mass is 79.9. The summed E-state index contributed by atoms with van der Waals surface area (Å²) in [5.74, 6) is -0.652. The van der Waals surface area contributed by atoms with E-state index in [4.69, 9.17) is 0 Å². The molecule has 0 saturated carbocycles. The molecule has 1 N–H and O–H groups in total. The average molecular weight is 453 g/mol. The van der Waals surface area contributed by atoms with Gasteiger partial charge in [0.15, 0.2) is 0 Å². The minimum Gasteiger partial charge on any atom is -0.350 e. The standard InChI is InChI=1S/C22H17BrN2O2S/c1-13-8-9-14(2)17(11-13)25-21(26)19(18-7-4-10-28-18)20(22(25)27)24-16-6-3-5-15(23)12-16/h3-12,24H,1-2H3. The van der Waals surface area contributed by atoms with Crippen molar-refractivity contribution in [2.24, 2.45) is 0 Å². The van der Waals surface area contributed by atoms with Gasteiger partial charge in [0.05, 0.1) is 11.3 Å². The molecular weight excluding hydrogens is 436 g/mol. The molecule has 6 heteroatoms. The van der Waals surface area contributed by atoms with E-state index >= 15 is 0 Å². The van der Waals surface area contributed by atoms with Crippen LogP contribution in [0.5, 0.6) is 0 Å². The highest BCUT2D eigenvalue weighted by Crippen LogP contribution is 2.37. The lowest BCUT2D eigenvalue weighted by Gasteiger charge is -2.18. The molecule has 3 aromatic rings. The predicted octanol–water partition coefficient (Wildman–Crippen LogP) is 5.52. The number of anilines is 2. The fourth-order valence-corrected chi connectivity index (χ4v) is 4.35. The van der Waals surface area contributed by atoms with Gasteiger partial charge in [0.1, 0.15) is 5.70 Å². The summed E-state index contributed by atoms with van der Waals surface area (Å²) in [6.07, 6.45) is 0. The normalized spacial score (nSPS) is 14.2. The summed E-state index contributed by atoms with van der Waals surface area (Å²) < 4.78 is 0.888. The fourth-order valence-electron chi connectivity index (χ4n) is 3.18. The zero-order valence-corrected chi connectivity index (χ0v) is 17.7. The number of imide groups is 1. The Balaban J connectivity index is 1.83. The molecule has 2 amide bonds. The average Bonchev–Trinajstić information content (AvgIpc) is 3.25. The number of carbonyl (C=O) groups excluding carboxylic acids is 2. The van der Waals surface area contributed by atoms with Crippen LogP contribution < -0.4 is 10.2 Å². The lowest BCUT2D eigenvalue weighted by Crippen LogP contribution is -2.33. The maximum absolute atomic E-state index is 13.4. The lowest BCUT2D eigenvalue weighted by molar-refractivity contribution is -0.120.